The second kappa shape index (κ2) is 6.70. The fourth-order valence-electron chi connectivity index (χ4n) is 2.76. The van der Waals surface area contributed by atoms with Crippen LogP contribution in [-0.4, -0.2) is 24.3 Å². The Balaban J connectivity index is 2.16. The quantitative estimate of drug-likeness (QED) is 0.387. The molecule has 21 heavy (non-hydrogen) atoms. The van der Waals surface area contributed by atoms with Crippen molar-refractivity contribution < 1.29 is 14.7 Å². The van der Waals surface area contributed by atoms with Gasteiger partial charge in [0.2, 0.25) is 0 Å². The van der Waals surface area contributed by atoms with Crippen LogP contribution in [0.4, 0.5) is 0 Å². The third kappa shape index (κ3) is 3.80. The van der Waals surface area contributed by atoms with Crippen LogP contribution in [0.1, 0.15) is 38.7 Å². The average Bonchev–Trinajstić information content (AvgIpc) is 2.49. The Labute approximate surface area is 125 Å². The van der Waals surface area contributed by atoms with Gasteiger partial charge in [-0.3, -0.25) is 0 Å². The van der Waals surface area contributed by atoms with Gasteiger partial charge in [-0.2, -0.15) is 0 Å². The number of ether oxygens (including phenoxy) is 2. The number of nitrogens with two attached hydrogens (primary N) is 1. The van der Waals surface area contributed by atoms with Crippen molar-refractivity contribution in [1.82, 2.24) is 0 Å². The maximum absolute atomic E-state index is 8.81. The molecule has 0 saturated heterocycles. The monoisotopic (exact) mass is 292 g/mol. The summed E-state index contributed by atoms with van der Waals surface area (Å²) in [5, 5.41) is 11.8. The molecule has 0 spiro atoms. The van der Waals surface area contributed by atoms with Crippen molar-refractivity contribution in [2.75, 3.05) is 7.11 Å². The molecule has 3 atom stereocenters. The molecule has 3 N–H and O–H groups in total. The molecule has 5 heteroatoms. The van der Waals surface area contributed by atoms with Crippen LogP contribution in [-0.2, 0) is 0 Å². The third-order valence-corrected chi connectivity index (χ3v) is 4.37. The lowest BCUT2D eigenvalue weighted by Crippen LogP contribution is -2.28. The molecular weight excluding hydrogens is 268 g/mol. The van der Waals surface area contributed by atoms with Gasteiger partial charge in [0.05, 0.1) is 13.2 Å². The maximum atomic E-state index is 8.81. The van der Waals surface area contributed by atoms with Crippen LogP contribution in [0, 0.1) is 11.8 Å². The Morgan fingerprint density at radius 3 is 2.52 bits per heavy atom. The highest BCUT2D eigenvalue weighted by molar-refractivity contribution is 5.97. The van der Waals surface area contributed by atoms with E-state index in [4.69, 9.17) is 20.4 Å². The first-order valence-corrected chi connectivity index (χ1v) is 7.37. The number of oxime groups is 1. The fraction of sp³-hybridized carbons (Fsp3) is 0.562. The van der Waals surface area contributed by atoms with Crippen LogP contribution in [0.25, 0.3) is 0 Å². The Morgan fingerprint density at radius 2 is 1.90 bits per heavy atom. The van der Waals surface area contributed by atoms with Crippen molar-refractivity contribution in [3.05, 3.63) is 23.8 Å². The molecule has 1 aliphatic rings. The molecule has 1 aromatic rings. The lowest BCUT2D eigenvalue weighted by atomic mass is 9.80. The van der Waals surface area contributed by atoms with E-state index in [2.05, 4.69) is 19.0 Å². The molecular formula is C16H24N2O3. The summed E-state index contributed by atoms with van der Waals surface area (Å²) in [5.41, 5.74) is 6.24. The van der Waals surface area contributed by atoms with Gasteiger partial charge in [0.1, 0.15) is 11.5 Å². The Morgan fingerprint density at radius 1 is 1.19 bits per heavy atom. The molecule has 1 fully saturated rings. The fourth-order valence-corrected chi connectivity index (χ4v) is 2.76. The van der Waals surface area contributed by atoms with E-state index in [0.29, 0.717) is 23.0 Å². The summed E-state index contributed by atoms with van der Waals surface area (Å²) in [4.78, 5) is 0. The number of nitrogens with zero attached hydrogens (tertiary/aromatic N) is 1. The average molecular weight is 292 g/mol. The first kappa shape index (κ1) is 15.5. The van der Waals surface area contributed by atoms with Crippen molar-refractivity contribution in [1.29, 1.82) is 0 Å². The Bertz CT molecular complexity index is 516. The largest absolute Gasteiger partial charge is 0.497 e. The van der Waals surface area contributed by atoms with Gasteiger partial charge in [-0.05, 0) is 43.2 Å². The minimum Gasteiger partial charge on any atom is -0.497 e. The number of rotatable bonds is 4. The van der Waals surface area contributed by atoms with Crippen molar-refractivity contribution >= 4 is 5.84 Å². The normalized spacial score (nSPS) is 26.4. The lowest BCUT2D eigenvalue weighted by molar-refractivity contribution is 0.100. The zero-order valence-corrected chi connectivity index (χ0v) is 12.9. The molecule has 0 aromatic heterocycles. The van der Waals surface area contributed by atoms with Crippen LogP contribution in [0.5, 0.6) is 11.5 Å². The Kier molecular flexibility index (Phi) is 4.94. The van der Waals surface area contributed by atoms with Gasteiger partial charge in [-0.25, -0.2) is 0 Å². The molecule has 0 amide bonds. The minimum atomic E-state index is 0.0457. The van der Waals surface area contributed by atoms with Gasteiger partial charge < -0.3 is 20.4 Å². The van der Waals surface area contributed by atoms with E-state index >= 15 is 0 Å². The molecule has 1 aromatic carbocycles. The predicted molar refractivity (Wildman–Crippen MR) is 82.1 cm³/mol. The molecule has 116 valence electrons. The summed E-state index contributed by atoms with van der Waals surface area (Å²) in [6.07, 6.45) is 3.50. The van der Waals surface area contributed by atoms with E-state index in [9.17, 15) is 0 Å². The molecule has 0 heterocycles. The number of hydrogen-bond donors (Lipinski definition) is 2. The van der Waals surface area contributed by atoms with Gasteiger partial charge in [0.15, 0.2) is 5.84 Å². The van der Waals surface area contributed by atoms with Crippen molar-refractivity contribution in [3.8, 4) is 11.5 Å². The second-order valence-electron chi connectivity index (χ2n) is 5.89. The molecule has 0 aliphatic heterocycles. The standard InChI is InChI=1S/C16H24N2O3/c1-10-4-5-13(6-11(10)2)21-15-8-12(16(17)18-19)7-14(9-15)20-3/h7-11,13,19H,4-6H2,1-3H3,(H2,17,18). The molecule has 3 unspecified atom stereocenters. The van der Waals surface area contributed by atoms with E-state index < -0.39 is 0 Å². The highest BCUT2D eigenvalue weighted by Crippen LogP contribution is 2.33. The van der Waals surface area contributed by atoms with E-state index in [1.807, 2.05) is 6.07 Å². The van der Waals surface area contributed by atoms with Crippen LogP contribution in [0.3, 0.4) is 0 Å². The van der Waals surface area contributed by atoms with Crippen LogP contribution < -0.4 is 15.2 Å². The van der Waals surface area contributed by atoms with Gasteiger partial charge in [-0.1, -0.05) is 19.0 Å². The second-order valence-corrected chi connectivity index (χ2v) is 5.89. The van der Waals surface area contributed by atoms with Crippen LogP contribution >= 0.6 is 0 Å². The molecule has 0 radical (unpaired) electrons. The van der Waals surface area contributed by atoms with Gasteiger partial charge in [-0.15, -0.1) is 0 Å². The third-order valence-electron chi connectivity index (χ3n) is 4.37. The summed E-state index contributed by atoms with van der Waals surface area (Å²) in [7, 11) is 1.58. The summed E-state index contributed by atoms with van der Waals surface area (Å²) < 4.78 is 11.3. The highest BCUT2D eigenvalue weighted by atomic mass is 16.5. The number of methoxy groups -OCH3 is 1. The lowest BCUT2D eigenvalue weighted by Gasteiger charge is -2.32. The molecule has 5 nitrogen and oxygen atoms in total. The van der Waals surface area contributed by atoms with Gasteiger partial charge in [0, 0.05) is 11.6 Å². The number of amidine groups is 1. The summed E-state index contributed by atoms with van der Waals surface area (Å²) in [6, 6.07) is 5.32. The van der Waals surface area contributed by atoms with E-state index in [1.165, 1.54) is 6.42 Å². The Hall–Kier alpha value is -1.91. The van der Waals surface area contributed by atoms with Crippen LogP contribution in [0.2, 0.25) is 0 Å². The maximum Gasteiger partial charge on any atom is 0.170 e. The molecule has 0 bridgehead atoms. The first-order chi connectivity index (χ1) is 10.0. The zero-order valence-electron chi connectivity index (χ0n) is 12.9. The minimum absolute atomic E-state index is 0.0457. The highest BCUT2D eigenvalue weighted by Gasteiger charge is 2.26. The summed E-state index contributed by atoms with van der Waals surface area (Å²) in [6.45, 7) is 4.57. The van der Waals surface area contributed by atoms with Crippen LogP contribution in [0.15, 0.2) is 23.4 Å². The van der Waals surface area contributed by atoms with Crippen molar-refractivity contribution in [2.24, 2.45) is 22.7 Å². The molecule has 1 saturated carbocycles. The smallest absolute Gasteiger partial charge is 0.170 e. The molecule has 1 aliphatic carbocycles. The number of benzene rings is 1. The van der Waals surface area contributed by atoms with E-state index in [-0.39, 0.29) is 11.9 Å². The number of hydrogen-bond acceptors (Lipinski definition) is 4. The summed E-state index contributed by atoms with van der Waals surface area (Å²) >= 11 is 0. The van der Waals surface area contributed by atoms with Crippen molar-refractivity contribution in [2.45, 2.75) is 39.2 Å². The zero-order chi connectivity index (χ0) is 15.4. The van der Waals surface area contributed by atoms with E-state index in [1.54, 1.807) is 19.2 Å². The van der Waals surface area contributed by atoms with Crippen molar-refractivity contribution in [3.63, 3.8) is 0 Å². The summed E-state index contributed by atoms with van der Waals surface area (Å²) in [5.74, 6) is 2.79. The SMILES string of the molecule is COc1cc(OC2CCC(C)C(C)C2)cc(/C(N)=N/O)c1. The first-order valence-electron chi connectivity index (χ1n) is 7.37. The topological polar surface area (TPSA) is 77.1 Å². The predicted octanol–water partition coefficient (Wildman–Crippen LogP) is 2.99. The van der Waals surface area contributed by atoms with Gasteiger partial charge in [0.25, 0.3) is 0 Å². The van der Waals surface area contributed by atoms with E-state index in [0.717, 1.165) is 18.8 Å². The van der Waals surface area contributed by atoms with Gasteiger partial charge >= 0.3 is 0 Å². The molecule has 2 rings (SSSR count).